The molecule has 0 aliphatic carbocycles. The van der Waals surface area contributed by atoms with E-state index in [0.717, 1.165) is 11.0 Å². The minimum atomic E-state index is -1.20. The van der Waals surface area contributed by atoms with Crippen LogP contribution >= 0.6 is 0 Å². The van der Waals surface area contributed by atoms with Crippen molar-refractivity contribution in [2.75, 3.05) is 18.0 Å². The second-order valence-electron chi connectivity index (χ2n) is 3.33. The molecule has 1 rings (SSSR count). The van der Waals surface area contributed by atoms with Crippen LogP contribution in [0.2, 0.25) is 0 Å². The summed E-state index contributed by atoms with van der Waals surface area (Å²) in [7, 11) is 0. The van der Waals surface area contributed by atoms with Crippen molar-refractivity contribution >= 4 is 17.8 Å². The normalized spacial score (nSPS) is 9.94. The van der Waals surface area contributed by atoms with Gasteiger partial charge in [-0.05, 0) is 6.92 Å². The lowest BCUT2D eigenvalue weighted by Crippen LogP contribution is -2.36. The SMILES string of the molecule is Cc1nc(N(CC(=O)O)CC(=O)O)cc(=O)[nH]1. The van der Waals surface area contributed by atoms with Crippen LogP contribution in [0.4, 0.5) is 5.82 Å². The van der Waals surface area contributed by atoms with E-state index in [9.17, 15) is 14.4 Å². The van der Waals surface area contributed by atoms with Crippen LogP contribution < -0.4 is 10.5 Å². The van der Waals surface area contributed by atoms with Gasteiger partial charge in [-0.15, -0.1) is 0 Å². The molecule has 8 nitrogen and oxygen atoms in total. The molecule has 8 heteroatoms. The summed E-state index contributed by atoms with van der Waals surface area (Å²) in [6.07, 6.45) is 0. The Morgan fingerprint density at radius 1 is 1.35 bits per heavy atom. The van der Waals surface area contributed by atoms with Gasteiger partial charge in [-0.1, -0.05) is 0 Å². The van der Waals surface area contributed by atoms with Gasteiger partial charge in [-0.3, -0.25) is 14.4 Å². The highest BCUT2D eigenvalue weighted by molar-refractivity contribution is 5.78. The zero-order valence-electron chi connectivity index (χ0n) is 9.01. The van der Waals surface area contributed by atoms with E-state index in [1.807, 2.05) is 0 Å². The van der Waals surface area contributed by atoms with Gasteiger partial charge >= 0.3 is 11.9 Å². The second-order valence-corrected chi connectivity index (χ2v) is 3.33. The molecular weight excluding hydrogens is 230 g/mol. The molecular formula is C9H11N3O5. The maximum Gasteiger partial charge on any atom is 0.323 e. The highest BCUT2D eigenvalue weighted by atomic mass is 16.4. The number of aryl methyl sites for hydroxylation is 1. The summed E-state index contributed by atoms with van der Waals surface area (Å²) in [4.78, 5) is 39.6. The van der Waals surface area contributed by atoms with Crippen molar-refractivity contribution in [1.82, 2.24) is 9.97 Å². The van der Waals surface area contributed by atoms with E-state index < -0.39 is 30.6 Å². The Balaban J connectivity index is 3.06. The Kier molecular flexibility index (Phi) is 3.81. The van der Waals surface area contributed by atoms with Crippen molar-refractivity contribution in [2.45, 2.75) is 6.92 Å². The number of anilines is 1. The first-order chi connectivity index (χ1) is 7.88. The maximum absolute atomic E-state index is 11.2. The first-order valence-corrected chi connectivity index (χ1v) is 4.65. The molecule has 0 aliphatic rings. The second kappa shape index (κ2) is 5.10. The van der Waals surface area contributed by atoms with Gasteiger partial charge in [0, 0.05) is 6.07 Å². The summed E-state index contributed by atoms with van der Waals surface area (Å²) in [5, 5.41) is 17.3. The summed E-state index contributed by atoms with van der Waals surface area (Å²) in [6.45, 7) is 0.439. The number of hydrogen-bond donors (Lipinski definition) is 3. The monoisotopic (exact) mass is 241 g/mol. The Hall–Kier alpha value is -2.38. The molecule has 0 bridgehead atoms. The Morgan fingerprint density at radius 3 is 2.29 bits per heavy atom. The fraction of sp³-hybridized carbons (Fsp3) is 0.333. The number of aromatic nitrogens is 2. The minimum Gasteiger partial charge on any atom is -0.480 e. The largest absolute Gasteiger partial charge is 0.480 e. The van der Waals surface area contributed by atoms with E-state index in [4.69, 9.17) is 10.2 Å². The Bertz CT molecular complexity index is 480. The summed E-state index contributed by atoms with van der Waals surface area (Å²) >= 11 is 0. The number of rotatable bonds is 5. The number of nitrogens with zero attached hydrogens (tertiary/aromatic N) is 2. The van der Waals surface area contributed by atoms with E-state index >= 15 is 0 Å². The lowest BCUT2D eigenvalue weighted by molar-refractivity contribution is -0.136. The third kappa shape index (κ3) is 3.93. The van der Waals surface area contributed by atoms with Crippen LogP contribution in [0.1, 0.15) is 5.82 Å². The molecule has 3 N–H and O–H groups in total. The number of nitrogens with one attached hydrogen (secondary N) is 1. The quantitative estimate of drug-likeness (QED) is 0.607. The Labute approximate surface area is 95.5 Å². The predicted octanol–water partition coefficient (Wildman–Crippen LogP) is -0.946. The molecule has 0 atom stereocenters. The summed E-state index contributed by atoms with van der Waals surface area (Å²) < 4.78 is 0. The molecule has 0 saturated carbocycles. The van der Waals surface area contributed by atoms with E-state index in [0.29, 0.717) is 0 Å². The van der Waals surface area contributed by atoms with Crippen LogP contribution in [0.25, 0.3) is 0 Å². The molecule has 1 heterocycles. The first kappa shape index (κ1) is 12.7. The molecule has 0 aliphatic heterocycles. The number of hydrogen-bond acceptors (Lipinski definition) is 5. The van der Waals surface area contributed by atoms with Gasteiger partial charge < -0.3 is 20.1 Å². The molecule has 0 amide bonds. The predicted molar refractivity (Wildman–Crippen MR) is 57.1 cm³/mol. The fourth-order valence-corrected chi connectivity index (χ4v) is 1.27. The van der Waals surface area contributed by atoms with Crippen LogP contribution in [-0.2, 0) is 9.59 Å². The molecule has 1 aromatic heterocycles. The standard InChI is InChI=1S/C9H11N3O5/c1-5-10-6(2-7(13)11-5)12(3-8(14)15)4-9(16)17/h2H,3-4H2,1H3,(H,14,15)(H,16,17)(H,10,11,13). The van der Waals surface area contributed by atoms with Crippen molar-refractivity contribution in [3.05, 3.63) is 22.2 Å². The van der Waals surface area contributed by atoms with Crippen molar-refractivity contribution in [3.63, 3.8) is 0 Å². The highest BCUT2D eigenvalue weighted by Gasteiger charge is 2.16. The van der Waals surface area contributed by atoms with Crippen LogP contribution in [0.15, 0.2) is 10.9 Å². The zero-order valence-corrected chi connectivity index (χ0v) is 9.01. The molecule has 0 unspecified atom stereocenters. The van der Waals surface area contributed by atoms with Crippen LogP contribution in [0.3, 0.4) is 0 Å². The van der Waals surface area contributed by atoms with Gasteiger partial charge in [-0.2, -0.15) is 0 Å². The lowest BCUT2D eigenvalue weighted by Gasteiger charge is -2.19. The van der Waals surface area contributed by atoms with Gasteiger partial charge in [-0.25, -0.2) is 4.98 Å². The lowest BCUT2D eigenvalue weighted by atomic mass is 10.4. The van der Waals surface area contributed by atoms with Crippen molar-refractivity contribution < 1.29 is 19.8 Å². The summed E-state index contributed by atoms with van der Waals surface area (Å²) in [5.41, 5.74) is -0.465. The molecule has 0 saturated heterocycles. The number of carbonyl (C=O) groups is 2. The third-order valence-electron chi connectivity index (χ3n) is 1.82. The smallest absolute Gasteiger partial charge is 0.323 e. The molecule has 0 aromatic carbocycles. The van der Waals surface area contributed by atoms with Gasteiger partial charge in [0.1, 0.15) is 24.7 Å². The number of H-pyrrole nitrogens is 1. The van der Waals surface area contributed by atoms with Crippen LogP contribution in [0.5, 0.6) is 0 Å². The average Bonchev–Trinajstić information content (AvgIpc) is 2.13. The number of carboxylic acid groups (broad SMARTS) is 2. The molecule has 0 radical (unpaired) electrons. The fourth-order valence-electron chi connectivity index (χ4n) is 1.27. The highest BCUT2D eigenvalue weighted by Crippen LogP contribution is 2.06. The number of aromatic amines is 1. The molecule has 0 spiro atoms. The number of carboxylic acids is 2. The molecule has 92 valence electrons. The van der Waals surface area contributed by atoms with Gasteiger partial charge in [0.05, 0.1) is 0 Å². The third-order valence-corrected chi connectivity index (χ3v) is 1.82. The average molecular weight is 241 g/mol. The van der Waals surface area contributed by atoms with Gasteiger partial charge in [0.2, 0.25) is 0 Å². The zero-order chi connectivity index (χ0) is 13.0. The van der Waals surface area contributed by atoms with Gasteiger partial charge in [0.15, 0.2) is 0 Å². The van der Waals surface area contributed by atoms with Crippen molar-refractivity contribution in [1.29, 1.82) is 0 Å². The molecule has 1 aromatic rings. The van der Waals surface area contributed by atoms with Crippen molar-refractivity contribution in [2.24, 2.45) is 0 Å². The summed E-state index contributed by atoms with van der Waals surface area (Å²) in [6, 6.07) is 1.05. The van der Waals surface area contributed by atoms with Crippen LogP contribution in [0, 0.1) is 6.92 Å². The van der Waals surface area contributed by atoms with E-state index in [1.165, 1.54) is 6.92 Å². The van der Waals surface area contributed by atoms with E-state index in [-0.39, 0.29) is 11.6 Å². The minimum absolute atomic E-state index is 0.0241. The van der Waals surface area contributed by atoms with E-state index in [1.54, 1.807) is 0 Å². The maximum atomic E-state index is 11.2. The summed E-state index contributed by atoms with van der Waals surface area (Å²) in [5.74, 6) is -2.10. The molecule has 0 fully saturated rings. The van der Waals surface area contributed by atoms with E-state index in [2.05, 4.69) is 9.97 Å². The number of aliphatic carboxylic acids is 2. The first-order valence-electron chi connectivity index (χ1n) is 4.65. The van der Waals surface area contributed by atoms with Gasteiger partial charge in [0.25, 0.3) is 5.56 Å². The Morgan fingerprint density at radius 2 is 1.88 bits per heavy atom. The van der Waals surface area contributed by atoms with Crippen LogP contribution in [-0.4, -0.2) is 45.2 Å². The van der Waals surface area contributed by atoms with Crippen molar-refractivity contribution in [3.8, 4) is 0 Å². The topological polar surface area (TPSA) is 124 Å². The molecule has 17 heavy (non-hydrogen) atoms.